The molecule has 2 heterocycles. The second kappa shape index (κ2) is 19.4. The van der Waals surface area contributed by atoms with Crippen LogP contribution in [0, 0.1) is 0 Å². The zero-order chi connectivity index (χ0) is 36.8. The average Bonchev–Trinajstić information content (AvgIpc) is 3.76. The number of nitrogens with zero attached hydrogens (tertiary/aromatic N) is 1. The molecule has 6 atom stereocenters. The fraction of sp³-hybridized carbons (Fsp3) is 0.261. The van der Waals surface area contributed by atoms with E-state index in [0.717, 1.165) is 27.8 Å². The molecule has 0 amide bonds. The maximum Gasteiger partial charge on any atom is 0.126 e. The van der Waals surface area contributed by atoms with Crippen molar-refractivity contribution in [3.05, 3.63) is 204 Å². The highest BCUT2D eigenvalue weighted by Crippen LogP contribution is 2.39. The molecule has 1 saturated heterocycles. The van der Waals surface area contributed by atoms with Crippen LogP contribution < -0.4 is 0 Å². The number of furan rings is 1. The highest BCUT2D eigenvalue weighted by Gasteiger charge is 2.53. The smallest absolute Gasteiger partial charge is 0.126 e. The van der Waals surface area contributed by atoms with E-state index in [4.69, 9.17) is 28.1 Å². The molecule has 0 bridgehead atoms. The Hall–Kier alpha value is -4.90. The van der Waals surface area contributed by atoms with Crippen molar-refractivity contribution in [1.29, 1.82) is 0 Å². The van der Waals surface area contributed by atoms with Crippen LogP contribution in [-0.2, 0) is 56.7 Å². The van der Waals surface area contributed by atoms with Gasteiger partial charge < -0.3 is 33.3 Å². The van der Waals surface area contributed by atoms with Gasteiger partial charge in [-0.3, -0.25) is 0 Å². The third-order valence-electron chi connectivity index (χ3n) is 9.57. The molecule has 1 aliphatic rings. The van der Waals surface area contributed by atoms with Crippen LogP contribution in [0.2, 0.25) is 0 Å². The summed E-state index contributed by atoms with van der Waals surface area (Å²) >= 11 is 0. The van der Waals surface area contributed by atoms with Gasteiger partial charge >= 0.3 is 0 Å². The number of benzene rings is 5. The highest BCUT2D eigenvalue weighted by molar-refractivity contribution is 5.19. The number of hydroxylamine groups is 2. The second-order valence-corrected chi connectivity index (χ2v) is 13.5. The lowest BCUT2D eigenvalue weighted by Crippen LogP contribution is -2.63. The maximum absolute atomic E-state index is 12.0. The third-order valence-corrected chi connectivity index (χ3v) is 9.57. The molecule has 0 unspecified atom stereocenters. The zero-order valence-electron chi connectivity index (χ0n) is 30.2. The largest absolute Gasteiger partial charge is 0.467 e. The maximum atomic E-state index is 12.0. The first-order chi connectivity index (χ1) is 26.7. The summed E-state index contributed by atoms with van der Waals surface area (Å²) in [6, 6.07) is 52.9. The van der Waals surface area contributed by atoms with Gasteiger partial charge in [-0.1, -0.05) is 152 Å². The minimum atomic E-state index is -0.782. The summed E-state index contributed by atoms with van der Waals surface area (Å²) in [5, 5.41) is 13.3. The van der Waals surface area contributed by atoms with Gasteiger partial charge in [-0.15, -0.1) is 0 Å². The van der Waals surface area contributed by atoms with Crippen molar-refractivity contribution in [2.24, 2.45) is 0 Å². The molecular formula is C46H47NO7. The molecule has 7 rings (SSSR count). The molecule has 8 nitrogen and oxygen atoms in total. The molecule has 278 valence electrons. The van der Waals surface area contributed by atoms with Gasteiger partial charge in [-0.25, -0.2) is 0 Å². The summed E-state index contributed by atoms with van der Waals surface area (Å²) < 4.78 is 40.3. The number of rotatable bonds is 18. The van der Waals surface area contributed by atoms with Crippen molar-refractivity contribution in [2.75, 3.05) is 6.61 Å². The molecule has 0 saturated carbocycles. The lowest BCUT2D eigenvalue weighted by Gasteiger charge is -2.49. The molecule has 1 fully saturated rings. The van der Waals surface area contributed by atoms with E-state index in [2.05, 4.69) is 0 Å². The lowest BCUT2D eigenvalue weighted by atomic mass is 9.89. The molecule has 1 aliphatic heterocycles. The Morgan fingerprint density at radius 3 is 1.43 bits per heavy atom. The van der Waals surface area contributed by atoms with Gasteiger partial charge in [0.15, 0.2) is 0 Å². The topological polar surface area (TPSA) is 82.8 Å². The first-order valence-corrected chi connectivity index (χ1v) is 18.5. The average molecular weight is 726 g/mol. The Balaban J connectivity index is 1.28. The molecule has 1 aromatic heterocycles. The van der Waals surface area contributed by atoms with Gasteiger partial charge in [-0.05, 0) is 39.9 Å². The predicted molar refractivity (Wildman–Crippen MR) is 205 cm³/mol. The molecule has 6 aromatic rings. The van der Waals surface area contributed by atoms with Gasteiger partial charge in [0.25, 0.3) is 0 Å². The first-order valence-electron chi connectivity index (χ1n) is 18.5. The Labute approximate surface area is 317 Å². The van der Waals surface area contributed by atoms with E-state index >= 15 is 0 Å². The monoisotopic (exact) mass is 725 g/mol. The first kappa shape index (κ1) is 37.4. The summed E-state index contributed by atoms with van der Waals surface area (Å²) in [5.74, 6) is 0.529. The van der Waals surface area contributed by atoms with Crippen LogP contribution >= 0.6 is 0 Å². The lowest BCUT2D eigenvalue weighted by molar-refractivity contribution is -0.300. The Bertz CT molecular complexity index is 1900. The van der Waals surface area contributed by atoms with Crippen molar-refractivity contribution in [3.63, 3.8) is 0 Å². The van der Waals surface area contributed by atoms with E-state index in [0.29, 0.717) is 25.6 Å². The minimum absolute atomic E-state index is 0.205. The molecular weight excluding hydrogens is 679 g/mol. The zero-order valence-corrected chi connectivity index (χ0v) is 30.2. The van der Waals surface area contributed by atoms with Gasteiger partial charge in [-0.2, -0.15) is 5.06 Å². The highest BCUT2D eigenvalue weighted by atomic mass is 16.6. The second-order valence-electron chi connectivity index (χ2n) is 13.5. The normalized spacial score (nSPS) is 20.5. The molecule has 1 N–H and O–H groups in total. The summed E-state index contributed by atoms with van der Waals surface area (Å²) in [6.07, 6.45) is -1.76. The van der Waals surface area contributed by atoms with E-state index in [9.17, 15) is 5.21 Å². The van der Waals surface area contributed by atoms with E-state index in [1.54, 1.807) is 6.26 Å². The van der Waals surface area contributed by atoms with E-state index < -0.39 is 36.6 Å². The minimum Gasteiger partial charge on any atom is -0.467 e. The van der Waals surface area contributed by atoms with E-state index in [1.165, 1.54) is 5.06 Å². The predicted octanol–water partition coefficient (Wildman–Crippen LogP) is 8.95. The fourth-order valence-electron chi connectivity index (χ4n) is 6.89. The van der Waals surface area contributed by atoms with Gasteiger partial charge in [0.05, 0.1) is 39.3 Å². The van der Waals surface area contributed by atoms with Crippen molar-refractivity contribution < 1.29 is 33.3 Å². The van der Waals surface area contributed by atoms with Gasteiger partial charge in [0.1, 0.15) is 42.3 Å². The number of ether oxygens (including phenoxy) is 5. The van der Waals surface area contributed by atoms with E-state index in [1.807, 2.05) is 164 Å². The SMILES string of the molecule is ON(Cc1ccccc1)[C@H](c1ccco1)[C@@H]1O[C@H](COCc2ccccc2)[C@H](OCc2ccccc2)[C@H](OCc2ccccc2)[C@H]1OCc1ccccc1. The summed E-state index contributed by atoms with van der Waals surface area (Å²) in [6.45, 7) is 1.73. The van der Waals surface area contributed by atoms with Crippen LogP contribution in [0.25, 0.3) is 0 Å². The van der Waals surface area contributed by atoms with E-state index in [-0.39, 0.29) is 19.8 Å². The molecule has 0 spiro atoms. The number of hydrogen-bond donors (Lipinski definition) is 1. The van der Waals surface area contributed by atoms with Gasteiger partial charge in [0, 0.05) is 6.54 Å². The summed E-state index contributed by atoms with van der Waals surface area (Å²) in [7, 11) is 0. The van der Waals surface area contributed by atoms with Crippen LogP contribution in [0.15, 0.2) is 174 Å². The van der Waals surface area contributed by atoms with Crippen LogP contribution in [0.4, 0.5) is 0 Å². The summed E-state index contributed by atoms with van der Waals surface area (Å²) in [5.41, 5.74) is 5.00. The Kier molecular flexibility index (Phi) is 13.5. The molecule has 0 aliphatic carbocycles. The summed E-state index contributed by atoms with van der Waals surface area (Å²) in [4.78, 5) is 0. The Morgan fingerprint density at radius 2 is 0.944 bits per heavy atom. The quantitative estimate of drug-likeness (QED) is 0.0880. The Morgan fingerprint density at radius 1 is 0.500 bits per heavy atom. The van der Waals surface area contributed by atoms with Crippen LogP contribution in [0.3, 0.4) is 0 Å². The van der Waals surface area contributed by atoms with Gasteiger partial charge in [0.2, 0.25) is 0 Å². The number of hydrogen-bond acceptors (Lipinski definition) is 8. The standard InChI is InChI=1S/C46H47NO7/c48-47(29-35-17-6-1-7-18-35)42(40-27-16-28-50-40)44-46(53-33-39-25-14-5-15-26-39)45(52-32-38-23-12-4-13-24-38)43(51-31-37-21-10-3-11-22-37)41(54-44)34-49-30-36-19-8-2-9-20-36/h1-28,41-46,48H,29-34H2/t41-,42-,43+,44+,45+,46+/m1/s1. The molecule has 54 heavy (non-hydrogen) atoms. The molecule has 5 aromatic carbocycles. The molecule has 0 radical (unpaired) electrons. The van der Waals surface area contributed by atoms with Crippen molar-refractivity contribution in [2.45, 2.75) is 69.5 Å². The van der Waals surface area contributed by atoms with Crippen LogP contribution in [-0.4, -0.2) is 47.4 Å². The van der Waals surface area contributed by atoms with Crippen LogP contribution in [0.1, 0.15) is 39.6 Å². The van der Waals surface area contributed by atoms with Crippen molar-refractivity contribution in [3.8, 4) is 0 Å². The van der Waals surface area contributed by atoms with Crippen LogP contribution in [0.5, 0.6) is 0 Å². The molecule has 8 heteroatoms. The fourth-order valence-corrected chi connectivity index (χ4v) is 6.89. The third kappa shape index (κ3) is 10.2. The van der Waals surface area contributed by atoms with Crippen molar-refractivity contribution in [1.82, 2.24) is 5.06 Å². The van der Waals surface area contributed by atoms with Crippen molar-refractivity contribution >= 4 is 0 Å².